The third-order valence-electron chi connectivity index (χ3n) is 9.75. The largest absolute Gasteiger partial charge is 0.544 e. The molecule has 0 fully saturated rings. The minimum atomic E-state index is -1.13. The number of carboxylic acid groups (broad SMARTS) is 1. The number of hydrogen-bond donors (Lipinski definition) is 0. The summed E-state index contributed by atoms with van der Waals surface area (Å²) in [6.45, 7) is 4.61. The molecule has 0 aliphatic heterocycles. The first kappa shape index (κ1) is 51.5. The third kappa shape index (κ3) is 35.3. The third-order valence-corrected chi connectivity index (χ3v) is 9.75. The molecule has 0 aliphatic rings. The van der Waals surface area contributed by atoms with Crippen molar-refractivity contribution in [3.05, 3.63) is 36.5 Å². The van der Waals surface area contributed by atoms with Crippen LogP contribution >= 0.6 is 0 Å². The van der Waals surface area contributed by atoms with E-state index in [9.17, 15) is 19.5 Å². The molecule has 0 heterocycles. The molecule has 0 aromatic heterocycles. The second-order valence-electron chi connectivity index (χ2n) is 15.9. The van der Waals surface area contributed by atoms with Gasteiger partial charge in [0.05, 0.1) is 40.3 Å². The molecule has 0 spiro atoms. The molecule has 0 radical (unpaired) electrons. The lowest BCUT2D eigenvalue weighted by atomic mass is 10.1. The van der Waals surface area contributed by atoms with Gasteiger partial charge in [0, 0.05) is 19.3 Å². The second-order valence-corrected chi connectivity index (χ2v) is 15.9. The highest BCUT2D eigenvalue weighted by molar-refractivity contribution is 5.70. The highest BCUT2D eigenvalue weighted by Crippen LogP contribution is 2.13. The number of carbonyl (C=O) groups is 3. The molecular formula is C46H83NO7. The summed E-state index contributed by atoms with van der Waals surface area (Å²) in [5, 5.41) is 11.6. The standard InChI is InChI=1S/C46H83NO7/c1-6-8-10-12-14-16-18-20-22-24-26-28-30-32-34-36-44(48)53-41-42(40-52-39-38-43(46(50)51)47(3,4)5)54-45(49)37-35-33-31-29-27-25-23-21-19-17-15-13-11-9-7-2/h15,17,20-23,42-43H,6-14,16,18-19,24-41H2,1-5H3/b17-15-,22-20-,23-21-. The van der Waals surface area contributed by atoms with Gasteiger partial charge in [-0.15, -0.1) is 0 Å². The summed E-state index contributed by atoms with van der Waals surface area (Å²) in [4.78, 5) is 36.8. The van der Waals surface area contributed by atoms with Crippen molar-refractivity contribution in [2.24, 2.45) is 0 Å². The summed E-state index contributed by atoms with van der Waals surface area (Å²) in [7, 11) is 5.40. The molecule has 0 N–H and O–H groups in total. The molecule has 8 nitrogen and oxygen atoms in total. The topological polar surface area (TPSA) is 102 Å². The number of esters is 2. The predicted molar refractivity (Wildman–Crippen MR) is 222 cm³/mol. The molecule has 0 amide bonds. The van der Waals surface area contributed by atoms with E-state index in [0.717, 1.165) is 77.0 Å². The summed E-state index contributed by atoms with van der Waals surface area (Å²) in [6, 6.07) is -0.728. The minimum Gasteiger partial charge on any atom is -0.544 e. The normalized spacial score (nSPS) is 13.3. The van der Waals surface area contributed by atoms with E-state index in [1.165, 1.54) is 77.0 Å². The van der Waals surface area contributed by atoms with E-state index < -0.39 is 18.1 Å². The number of quaternary nitrogens is 1. The maximum atomic E-state index is 12.7. The number of carboxylic acids is 1. The van der Waals surface area contributed by atoms with Crippen molar-refractivity contribution >= 4 is 17.9 Å². The van der Waals surface area contributed by atoms with Crippen LogP contribution in [-0.4, -0.2) is 75.5 Å². The van der Waals surface area contributed by atoms with Crippen molar-refractivity contribution < 1.29 is 38.2 Å². The van der Waals surface area contributed by atoms with Gasteiger partial charge in [0.25, 0.3) is 0 Å². The van der Waals surface area contributed by atoms with E-state index in [-0.39, 0.29) is 42.7 Å². The van der Waals surface area contributed by atoms with Crippen molar-refractivity contribution in [1.29, 1.82) is 0 Å². The molecule has 2 unspecified atom stereocenters. The SMILES string of the molecule is CCCCC/C=C\C/C=C\CCCCCCCC(=O)OC(COCCC(C(=O)[O-])[N+](C)(C)C)COC(=O)CCCCCCC/C=C\CCCCCCCC. The van der Waals surface area contributed by atoms with Crippen molar-refractivity contribution in [3.63, 3.8) is 0 Å². The Bertz CT molecular complexity index is 984. The second kappa shape index (κ2) is 37.5. The summed E-state index contributed by atoms with van der Waals surface area (Å²) in [6.07, 6.45) is 41.6. The van der Waals surface area contributed by atoms with E-state index in [0.29, 0.717) is 12.8 Å². The maximum Gasteiger partial charge on any atom is 0.306 e. The molecule has 0 rings (SSSR count). The van der Waals surface area contributed by atoms with E-state index in [4.69, 9.17) is 14.2 Å². The van der Waals surface area contributed by atoms with E-state index in [2.05, 4.69) is 50.3 Å². The van der Waals surface area contributed by atoms with Crippen LogP contribution in [0.1, 0.15) is 187 Å². The van der Waals surface area contributed by atoms with Crippen LogP contribution in [0.4, 0.5) is 0 Å². The van der Waals surface area contributed by atoms with Crippen LogP contribution < -0.4 is 5.11 Å². The molecule has 314 valence electrons. The average molecular weight is 762 g/mol. The molecule has 0 aromatic rings. The van der Waals surface area contributed by atoms with Crippen LogP contribution in [0.5, 0.6) is 0 Å². The molecule has 0 aromatic carbocycles. The molecule has 0 aliphatic carbocycles. The van der Waals surface area contributed by atoms with Gasteiger partial charge in [-0.2, -0.15) is 0 Å². The lowest BCUT2D eigenvalue weighted by Gasteiger charge is -2.34. The fraction of sp³-hybridized carbons (Fsp3) is 0.804. The quantitative estimate of drug-likeness (QED) is 0.0266. The lowest BCUT2D eigenvalue weighted by Crippen LogP contribution is -2.55. The first-order chi connectivity index (χ1) is 26.1. The van der Waals surface area contributed by atoms with Gasteiger partial charge < -0.3 is 28.6 Å². The summed E-state index contributed by atoms with van der Waals surface area (Å²) >= 11 is 0. The zero-order valence-electron chi connectivity index (χ0n) is 35.6. The Morgan fingerprint density at radius 2 is 0.981 bits per heavy atom. The number of ether oxygens (including phenoxy) is 3. The van der Waals surface area contributed by atoms with E-state index in [1.54, 1.807) is 21.1 Å². The monoisotopic (exact) mass is 762 g/mol. The number of hydrogen-bond acceptors (Lipinski definition) is 7. The van der Waals surface area contributed by atoms with Gasteiger partial charge in [-0.1, -0.05) is 134 Å². The van der Waals surface area contributed by atoms with E-state index in [1.807, 2.05) is 0 Å². The van der Waals surface area contributed by atoms with Gasteiger partial charge in [0.15, 0.2) is 6.10 Å². The Balaban J connectivity index is 4.39. The Labute approximate surface area is 332 Å². The molecule has 0 saturated heterocycles. The van der Waals surface area contributed by atoms with Crippen LogP contribution in [0.15, 0.2) is 36.5 Å². The fourth-order valence-corrected chi connectivity index (χ4v) is 6.27. The number of allylic oxidation sites excluding steroid dienone is 6. The number of rotatable bonds is 39. The summed E-state index contributed by atoms with van der Waals surface area (Å²) in [5.74, 6) is -1.76. The number of unbranched alkanes of at least 4 members (excludes halogenated alkanes) is 19. The molecule has 54 heavy (non-hydrogen) atoms. The Morgan fingerprint density at radius 1 is 0.556 bits per heavy atom. The predicted octanol–water partition coefficient (Wildman–Crippen LogP) is 10.5. The highest BCUT2D eigenvalue weighted by Gasteiger charge is 2.25. The van der Waals surface area contributed by atoms with Crippen LogP contribution in [0.3, 0.4) is 0 Å². The Kier molecular flexibility index (Phi) is 35.8. The molecule has 0 bridgehead atoms. The number of carbonyl (C=O) groups excluding carboxylic acids is 3. The summed E-state index contributed by atoms with van der Waals surface area (Å²) < 4.78 is 17.1. The highest BCUT2D eigenvalue weighted by atomic mass is 16.6. The molecule has 8 heteroatoms. The fourth-order valence-electron chi connectivity index (χ4n) is 6.27. The number of likely N-dealkylation sites (N-methyl/N-ethyl adjacent to an activating group) is 1. The molecule has 2 atom stereocenters. The van der Waals surface area contributed by atoms with Crippen LogP contribution in [0.2, 0.25) is 0 Å². The van der Waals surface area contributed by atoms with Gasteiger partial charge in [-0.05, 0) is 70.6 Å². The number of nitrogens with zero attached hydrogens (tertiary/aromatic N) is 1. The molecular weight excluding hydrogens is 679 g/mol. The summed E-state index contributed by atoms with van der Waals surface area (Å²) in [5.41, 5.74) is 0. The van der Waals surface area contributed by atoms with Crippen LogP contribution in [-0.2, 0) is 28.6 Å². The zero-order chi connectivity index (χ0) is 40.0. The van der Waals surface area contributed by atoms with Gasteiger partial charge >= 0.3 is 11.9 Å². The van der Waals surface area contributed by atoms with Gasteiger partial charge in [-0.25, -0.2) is 0 Å². The average Bonchev–Trinajstić information content (AvgIpc) is 3.12. The van der Waals surface area contributed by atoms with Gasteiger partial charge in [0.2, 0.25) is 0 Å². The molecule has 0 saturated carbocycles. The number of aliphatic carboxylic acids is 1. The van der Waals surface area contributed by atoms with Gasteiger partial charge in [0.1, 0.15) is 12.6 Å². The van der Waals surface area contributed by atoms with Gasteiger partial charge in [-0.3, -0.25) is 9.59 Å². The van der Waals surface area contributed by atoms with Crippen LogP contribution in [0.25, 0.3) is 0 Å². The Hall–Kier alpha value is -2.45. The van der Waals surface area contributed by atoms with Crippen molar-refractivity contribution in [2.75, 3.05) is 41.0 Å². The van der Waals surface area contributed by atoms with Crippen molar-refractivity contribution in [1.82, 2.24) is 0 Å². The smallest absolute Gasteiger partial charge is 0.306 e. The maximum absolute atomic E-state index is 12.7. The Morgan fingerprint density at radius 3 is 1.48 bits per heavy atom. The first-order valence-corrected chi connectivity index (χ1v) is 22.0. The first-order valence-electron chi connectivity index (χ1n) is 22.0. The van der Waals surface area contributed by atoms with E-state index >= 15 is 0 Å². The van der Waals surface area contributed by atoms with Crippen LogP contribution in [0, 0.1) is 0 Å². The zero-order valence-corrected chi connectivity index (χ0v) is 35.6. The van der Waals surface area contributed by atoms with Crippen molar-refractivity contribution in [2.45, 2.75) is 199 Å². The lowest BCUT2D eigenvalue weighted by molar-refractivity contribution is -0.889. The van der Waals surface area contributed by atoms with Crippen molar-refractivity contribution in [3.8, 4) is 0 Å². The minimum absolute atomic E-state index is 0.0332.